The number of carbonyl (C=O) groups excluding carboxylic acids is 1. The van der Waals surface area contributed by atoms with Gasteiger partial charge >= 0.3 is 0 Å². The van der Waals surface area contributed by atoms with E-state index in [0.717, 1.165) is 42.6 Å². The number of nitrogens with zero attached hydrogens (tertiary/aromatic N) is 1. The monoisotopic (exact) mass is 406 g/mol. The molecule has 0 spiro atoms. The molecular formula is C19H20BrClN2O. The zero-order valence-corrected chi connectivity index (χ0v) is 15.7. The topological polar surface area (TPSA) is 32.3 Å². The molecule has 1 aliphatic rings. The van der Waals surface area contributed by atoms with Gasteiger partial charge in [0.25, 0.3) is 0 Å². The number of amides is 1. The number of hydrogen-bond donors (Lipinski definition) is 1. The van der Waals surface area contributed by atoms with Crippen molar-refractivity contribution in [2.24, 2.45) is 5.92 Å². The van der Waals surface area contributed by atoms with Crippen molar-refractivity contribution >= 4 is 39.1 Å². The Labute approximate surface area is 156 Å². The van der Waals surface area contributed by atoms with Crippen LogP contribution in [0.5, 0.6) is 0 Å². The van der Waals surface area contributed by atoms with Crippen molar-refractivity contribution in [1.82, 2.24) is 4.90 Å². The average Bonchev–Trinajstić information content (AvgIpc) is 2.57. The molecule has 1 atom stereocenters. The normalized spacial score (nSPS) is 18.3. The van der Waals surface area contributed by atoms with Crippen LogP contribution < -0.4 is 5.32 Å². The first-order valence-electron chi connectivity index (χ1n) is 8.13. The second-order valence-corrected chi connectivity index (χ2v) is 7.55. The molecule has 3 nitrogen and oxygen atoms in total. The lowest BCUT2D eigenvalue weighted by Gasteiger charge is -2.32. The number of rotatable bonds is 4. The Kier molecular flexibility index (Phi) is 5.93. The minimum Gasteiger partial charge on any atom is -0.326 e. The first kappa shape index (κ1) is 17.5. The third kappa shape index (κ3) is 4.82. The highest BCUT2D eigenvalue weighted by molar-refractivity contribution is 9.10. The van der Waals surface area contributed by atoms with Gasteiger partial charge in [-0.3, -0.25) is 9.69 Å². The lowest BCUT2D eigenvalue weighted by atomic mass is 9.96. The van der Waals surface area contributed by atoms with Crippen LogP contribution in [0.1, 0.15) is 18.4 Å². The fourth-order valence-electron chi connectivity index (χ4n) is 3.07. The maximum absolute atomic E-state index is 12.5. The van der Waals surface area contributed by atoms with Crippen LogP contribution in [0.15, 0.2) is 53.0 Å². The van der Waals surface area contributed by atoms with Crippen LogP contribution in [-0.4, -0.2) is 23.9 Å². The molecule has 2 aromatic rings. The molecule has 0 bridgehead atoms. The van der Waals surface area contributed by atoms with Crippen LogP contribution >= 0.6 is 27.5 Å². The van der Waals surface area contributed by atoms with E-state index in [1.807, 2.05) is 12.1 Å². The maximum Gasteiger partial charge on any atom is 0.228 e. The highest BCUT2D eigenvalue weighted by Gasteiger charge is 2.25. The summed E-state index contributed by atoms with van der Waals surface area (Å²) in [6.45, 7) is 2.72. The molecule has 0 aromatic heterocycles. The number of anilines is 1. The van der Waals surface area contributed by atoms with E-state index < -0.39 is 0 Å². The Hall–Kier alpha value is -1.36. The summed E-state index contributed by atoms with van der Waals surface area (Å²) in [5.74, 6) is 0.103. The number of hydrogen-bond acceptors (Lipinski definition) is 2. The van der Waals surface area contributed by atoms with Crippen LogP contribution in [-0.2, 0) is 11.3 Å². The van der Waals surface area contributed by atoms with Gasteiger partial charge in [-0.05, 0) is 55.3 Å². The Bertz CT molecular complexity index is 705. The Morgan fingerprint density at radius 3 is 2.79 bits per heavy atom. The van der Waals surface area contributed by atoms with Crippen molar-refractivity contribution in [3.63, 3.8) is 0 Å². The van der Waals surface area contributed by atoms with Crippen molar-refractivity contribution in [2.45, 2.75) is 19.4 Å². The molecule has 1 aliphatic heterocycles. The van der Waals surface area contributed by atoms with Gasteiger partial charge in [-0.15, -0.1) is 0 Å². The number of benzene rings is 2. The molecule has 2 aromatic carbocycles. The van der Waals surface area contributed by atoms with Gasteiger partial charge in [0.05, 0.1) is 5.92 Å². The SMILES string of the molecule is O=C(Nc1cccc(Cl)c1)C1CCCN(Cc2ccc(Br)cc2)C1. The Balaban J connectivity index is 1.58. The van der Waals surface area contributed by atoms with Gasteiger partial charge in [-0.1, -0.05) is 45.7 Å². The van der Waals surface area contributed by atoms with Gasteiger partial charge in [0.1, 0.15) is 0 Å². The van der Waals surface area contributed by atoms with Crippen molar-refractivity contribution in [2.75, 3.05) is 18.4 Å². The zero-order valence-electron chi connectivity index (χ0n) is 13.3. The van der Waals surface area contributed by atoms with E-state index in [0.29, 0.717) is 5.02 Å². The van der Waals surface area contributed by atoms with E-state index in [-0.39, 0.29) is 11.8 Å². The van der Waals surface area contributed by atoms with Crippen molar-refractivity contribution in [1.29, 1.82) is 0 Å². The first-order chi connectivity index (χ1) is 11.6. The fourth-order valence-corrected chi connectivity index (χ4v) is 3.53. The summed E-state index contributed by atoms with van der Waals surface area (Å²) in [5, 5.41) is 3.62. The van der Waals surface area contributed by atoms with Crippen LogP contribution in [0.25, 0.3) is 0 Å². The van der Waals surface area contributed by atoms with E-state index in [4.69, 9.17) is 11.6 Å². The molecule has 1 amide bonds. The van der Waals surface area contributed by atoms with E-state index in [2.05, 4.69) is 50.4 Å². The largest absolute Gasteiger partial charge is 0.326 e. The van der Waals surface area contributed by atoms with Crippen LogP contribution in [0, 0.1) is 5.92 Å². The lowest BCUT2D eigenvalue weighted by molar-refractivity contribution is -0.121. The molecular weight excluding hydrogens is 388 g/mol. The number of halogens is 2. The van der Waals surface area contributed by atoms with Crippen molar-refractivity contribution in [3.05, 3.63) is 63.6 Å². The van der Waals surface area contributed by atoms with Gasteiger partial charge < -0.3 is 5.32 Å². The second-order valence-electron chi connectivity index (χ2n) is 6.20. The van der Waals surface area contributed by atoms with Crippen molar-refractivity contribution in [3.8, 4) is 0 Å². The molecule has 3 rings (SSSR count). The molecule has 0 radical (unpaired) electrons. The van der Waals surface area contributed by atoms with Gasteiger partial charge in [-0.25, -0.2) is 0 Å². The summed E-state index contributed by atoms with van der Waals surface area (Å²) in [4.78, 5) is 14.9. The van der Waals surface area contributed by atoms with Gasteiger partial charge in [-0.2, -0.15) is 0 Å². The third-order valence-corrected chi connectivity index (χ3v) is 5.05. The predicted molar refractivity (Wildman–Crippen MR) is 102 cm³/mol. The highest BCUT2D eigenvalue weighted by atomic mass is 79.9. The Morgan fingerprint density at radius 2 is 2.04 bits per heavy atom. The number of piperidine rings is 1. The summed E-state index contributed by atoms with van der Waals surface area (Å²) in [6.07, 6.45) is 1.98. The molecule has 126 valence electrons. The van der Waals surface area contributed by atoms with Crippen LogP contribution in [0.3, 0.4) is 0 Å². The van der Waals surface area contributed by atoms with Gasteiger partial charge in [0, 0.05) is 28.3 Å². The quantitative estimate of drug-likeness (QED) is 0.777. The van der Waals surface area contributed by atoms with E-state index in [9.17, 15) is 4.79 Å². The lowest BCUT2D eigenvalue weighted by Crippen LogP contribution is -2.40. The Morgan fingerprint density at radius 1 is 1.25 bits per heavy atom. The molecule has 1 heterocycles. The van der Waals surface area contributed by atoms with Crippen LogP contribution in [0.2, 0.25) is 5.02 Å². The minimum atomic E-state index is 0.0215. The summed E-state index contributed by atoms with van der Waals surface area (Å²) < 4.78 is 1.09. The highest BCUT2D eigenvalue weighted by Crippen LogP contribution is 2.22. The maximum atomic E-state index is 12.5. The second kappa shape index (κ2) is 8.15. The van der Waals surface area contributed by atoms with Crippen LogP contribution in [0.4, 0.5) is 5.69 Å². The fraction of sp³-hybridized carbons (Fsp3) is 0.316. The number of carbonyl (C=O) groups is 1. The number of nitrogens with one attached hydrogen (secondary N) is 1. The molecule has 1 fully saturated rings. The smallest absolute Gasteiger partial charge is 0.228 e. The molecule has 0 aliphatic carbocycles. The van der Waals surface area contributed by atoms with E-state index in [1.165, 1.54) is 5.56 Å². The van der Waals surface area contributed by atoms with Gasteiger partial charge in [0.2, 0.25) is 5.91 Å². The standard InChI is InChI=1S/C19H20BrClN2O/c20-16-8-6-14(7-9-16)12-23-10-2-3-15(13-23)19(24)22-18-5-1-4-17(21)11-18/h1,4-9,11,15H,2-3,10,12-13H2,(H,22,24). The molecule has 5 heteroatoms. The molecule has 1 saturated heterocycles. The van der Waals surface area contributed by atoms with Crippen molar-refractivity contribution < 1.29 is 4.79 Å². The average molecular weight is 408 g/mol. The summed E-state index contributed by atoms with van der Waals surface area (Å²) in [6, 6.07) is 15.7. The molecule has 0 saturated carbocycles. The molecule has 1 N–H and O–H groups in total. The minimum absolute atomic E-state index is 0.0215. The van der Waals surface area contributed by atoms with Gasteiger partial charge in [0.15, 0.2) is 0 Å². The molecule has 24 heavy (non-hydrogen) atoms. The van der Waals surface area contributed by atoms with E-state index >= 15 is 0 Å². The molecule has 1 unspecified atom stereocenters. The number of likely N-dealkylation sites (tertiary alicyclic amines) is 1. The first-order valence-corrected chi connectivity index (χ1v) is 9.30. The summed E-state index contributed by atoms with van der Waals surface area (Å²) >= 11 is 9.44. The third-order valence-electron chi connectivity index (χ3n) is 4.29. The predicted octanol–water partition coefficient (Wildman–Crippen LogP) is 4.95. The summed E-state index contributed by atoms with van der Waals surface area (Å²) in [7, 11) is 0. The van der Waals surface area contributed by atoms with E-state index in [1.54, 1.807) is 12.1 Å². The zero-order chi connectivity index (χ0) is 16.9. The summed E-state index contributed by atoms with van der Waals surface area (Å²) in [5.41, 5.74) is 2.03.